The number of hydrogen-bond acceptors (Lipinski definition) is 2. The van der Waals surface area contributed by atoms with Crippen LogP contribution in [0.2, 0.25) is 0 Å². The molecule has 1 heterocycles. The summed E-state index contributed by atoms with van der Waals surface area (Å²) in [5.74, 6) is 0.414. The molecule has 0 saturated carbocycles. The SMILES string of the molecule is Cc1nc2ccc(C(C)c3ccc(F)cc3)cc2c(=O)n1C(c1ccccc1)c1ccccc1. The number of aromatic nitrogens is 2. The molecule has 0 aliphatic carbocycles. The third-order valence-electron chi connectivity index (χ3n) is 6.46. The first kappa shape index (κ1) is 21.8. The van der Waals surface area contributed by atoms with Gasteiger partial charge in [0.2, 0.25) is 0 Å². The monoisotopic (exact) mass is 448 g/mol. The van der Waals surface area contributed by atoms with Crippen molar-refractivity contribution in [3.8, 4) is 0 Å². The van der Waals surface area contributed by atoms with Gasteiger partial charge in [-0.05, 0) is 53.4 Å². The van der Waals surface area contributed by atoms with Gasteiger partial charge in [0.05, 0.1) is 16.9 Å². The van der Waals surface area contributed by atoms with Crippen molar-refractivity contribution in [3.05, 3.63) is 147 Å². The van der Waals surface area contributed by atoms with Crippen LogP contribution in [0.5, 0.6) is 0 Å². The second kappa shape index (κ2) is 9.06. The van der Waals surface area contributed by atoms with E-state index in [0.717, 1.165) is 22.3 Å². The standard InChI is InChI=1S/C30H25FN2O/c1-20(22-13-16-26(31)17-14-22)25-15-18-28-27(19-25)30(34)33(21(2)32-28)29(23-9-5-3-6-10-23)24-11-7-4-8-12-24/h3-20,29H,1-2H3. The zero-order chi connectivity index (χ0) is 23.7. The molecule has 0 spiro atoms. The molecule has 3 nitrogen and oxygen atoms in total. The molecule has 0 saturated heterocycles. The first-order valence-corrected chi connectivity index (χ1v) is 11.4. The molecule has 0 radical (unpaired) electrons. The highest BCUT2D eigenvalue weighted by Crippen LogP contribution is 2.29. The molecule has 5 rings (SSSR count). The van der Waals surface area contributed by atoms with Gasteiger partial charge < -0.3 is 0 Å². The number of aryl methyl sites for hydroxylation is 1. The van der Waals surface area contributed by atoms with Crippen LogP contribution < -0.4 is 5.56 Å². The first-order valence-electron chi connectivity index (χ1n) is 11.4. The Kier molecular flexibility index (Phi) is 5.81. The van der Waals surface area contributed by atoms with Crippen LogP contribution in [0, 0.1) is 12.7 Å². The van der Waals surface area contributed by atoms with Crippen LogP contribution in [-0.4, -0.2) is 9.55 Å². The third-order valence-corrected chi connectivity index (χ3v) is 6.46. The fourth-order valence-electron chi connectivity index (χ4n) is 4.61. The Bertz CT molecular complexity index is 1450. The zero-order valence-electron chi connectivity index (χ0n) is 19.2. The van der Waals surface area contributed by atoms with E-state index in [1.54, 1.807) is 16.7 Å². The maximum absolute atomic E-state index is 14.0. The highest BCUT2D eigenvalue weighted by molar-refractivity contribution is 5.79. The molecule has 34 heavy (non-hydrogen) atoms. The van der Waals surface area contributed by atoms with Crippen LogP contribution in [0.4, 0.5) is 4.39 Å². The zero-order valence-corrected chi connectivity index (χ0v) is 19.2. The molecule has 1 aromatic heterocycles. The largest absolute Gasteiger partial charge is 0.285 e. The van der Waals surface area contributed by atoms with E-state index in [9.17, 15) is 9.18 Å². The molecule has 0 N–H and O–H groups in total. The summed E-state index contributed by atoms with van der Waals surface area (Å²) in [6.45, 7) is 3.94. The number of nitrogens with zero attached hydrogens (tertiary/aromatic N) is 2. The lowest BCUT2D eigenvalue weighted by atomic mass is 9.92. The number of fused-ring (bicyclic) bond motifs is 1. The van der Waals surface area contributed by atoms with Crippen LogP contribution in [-0.2, 0) is 0 Å². The van der Waals surface area contributed by atoms with Crippen molar-refractivity contribution < 1.29 is 4.39 Å². The summed E-state index contributed by atoms with van der Waals surface area (Å²) in [4.78, 5) is 18.8. The van der Waals surface area contributed by atoms with Gasteiger partial charge in [-0.3, -0.25) is 9.36 Å². The van der Waals surface area contributed by atoms with E-state index in [4.69, 9.17) is 4.98 Å². The summed E-state index contributed by atoms with van der Waals surface area (Å²) in [6.07, 6.45) is 0. The van der Waals surface area contributed by atoms with Gasteiger partial charge in [0.25, 0.3) is 5.56 Å². The summed E-state index contributed by atoms with van der Waals surface area (Å²) >= 11 is 0. The van der Waals surface area contributed by atoms with Crippen molar-refractivity contribution in [2.75, 3.05) is 0 Å². The lowest BCUT2D eigenvalue weighted by Gasteiger charge is -2.23. The quantitative estimate of drug-likeness (QED) is 0.302. The molecular formula is C30H25FN2O. The van der Waals surface area contributed by atoms with Crippen LogP contribution in [0.3, 0.4) is 0 Å². The lowest BCUT2D eigenvalue weighted by molar-refractivity contribution is 0.619. The van der Waals surface area contributed by atoms with Crippen LogP contribution in [0.25, 0.3) is 10.9 Å². The van der Waals surface area contributed by atoms with Gasteiger partial charge in [-0.15, -0.1) is 0 Å². The molecule has 0 bridgehead atoms. The Morgan fingerprint density at radius 1 is 0.735 bits per heavy atom. The minimum absolute atomic E-state index is 0.0122. The summed E-state index contributed by atoms with van der Waals surface area (Å²) in [7, 11) is 0. The van der Waals surface area contributed by atoms with Crippen LogP contribution >= 0.6 is 0 Å². The Balaban J connectivity index is 1.69. The van der Waals surface area contributed by atoms with Gasteiger partial charge in [0.15, 0.2) is 0 Å². The van der Waals surface area contributed by atoms with Gasteiger partial charge in [-0.1, -0.05) is 85.8 Å². The minimum Gasteiger partial charge on any atom is -0.285 e. The molecule has 0 aliphatic heterocycles. The van der Waals surface area contributed by atoms with Gasteiger partial charge in [0.1, 0.15) is 11.6 Å². The summed E-state index contributed by atoms with van der Waals surface area (Å²) in [5.41, 5.74) is 4.63. The van der Waals surface area contributed by atoms with Crippen molar-refractivity contribution in [2.24, 2.45) is 0 Å². The molecule has 0 fully saturated rings. The predicted molar refractivity (Wildman–Crippen MR) is 135 cm³/mol. The number of hydrogen-bond donors (Lipinski definition) is 0. The Morgan fingerprint density at radius 3 is 1.88 bits per heavy atom. The Morgan fingerprint density at radius 2 is 1.29 bits per heavy atom. The van der Waals surface area contributed by atoms with Gasteiger partial charge in [-0.2, -0.15) is 0 Å². The topological polar surface area (TPSA) is 34.9 Å². The van der Waals surface area contributed by atoms with Gasteiger partial charge >= 0.3 is 0 Å². The average Bonchev–Trinajstić information content (AvgIpc) is 2.87. The molecule has 4 aromatic carbocycles. The first-order chi connectivity index (χ1) is 16.5. The predicted octanol–water partition coefficient (Wildman–Crippen LogP) is 6.63. The van der Waals surface area contributed by atoms with Crippen molar-refractivity contribution in [3.63, 3.8) is 0 Å². The molecule has 4 heteroatoms. The molecule has 0 amide bonds. The van der Waals surface area contributed by atoms with E-state index >= 15 is 0 Å². The number of halogens is 1. The van der Waals surface area contributed by atoms with Crippen LogP contribution in [0.1, 0.15) is 47.0 Å². The van der Waals surface area contributed by atoms with Crippen LogP contribution in [0.15, 0.2) is 108 Å². The third kappa shape index (κ3) is 4.03. The molecule has 168 valence electrons. The Labute approximate surface area is 198 Å². The normalized spacial score (nSPS) is 12.2. The summed E-state index contributed by atoms with van der Waals surface area (Å²) in [6, 6.07) is 32.1. The second-order valence-corrected chi connectivity index (χ2v) is 8.61. The van der Waals surface area contributed by atoms with Gasteiger partial charge in [-0.25, -0.2) is 9.37 Å². The Hall–Kier alpha value is -4.05. The fraction of sp³-hybridized carbons (Fsp3) is 0.133. The molecule has 5 aromatic rings. The maximum atomic E-state index is 14.0. The maximum Gasteiger partial charge on any atom is 0.262 e. The van der Waals surface area contributed by atoms with E-state index in [2.05, 4.69) is 6.92 Å². The van der Waals surface area contributed by atoms with Crippen molar-refractivity contribution in [2.45, 2.75) is 25.8 Å². The minimum atomic E-state index is -0.287. The molecule has 0 aliphatic rings. The average molecular weight is 449 g/mol. The number of rotatable bonds is 5. The summed E-state index contributed by atoms with van der Waals surface area (Å²) in [5, 5.41) is 0.578. The highest BCUT2D eigenvalue weighted by atomic mass is 19.1. The smallest absolute Gasteiger partial charge is 0.262 e. The second-order valence-electron chi connectivity index (χ2n) is 8.61. The van der Waals surface area contributed by atoms with Gasteiger partial charge in [0, 0.05) is 5.92 Å². The van der Waals surface area contributed by atoms with E-state index in [0.29, 0.717) is 16.7 Å². The van der Waals surface area contributed by atoms with Crippen molar-refractivity contribution in [1.29, 1.82) is 0 Å². The lowest BCUT2D eigenvalue weighted by Crippen LogP contribution is -2.29. The fourth-order valence-corrected chi connectivity index (χ4v) is 4.61. The molecule has 1 atom stereocenters. The van der Waals surface area contributed by atoms with Crippen molar-refractivity contribution in [1.82, 2.24) is 9.55 Å². The molecule has 1 unspecified atom stereocenters. The van der Waals surface area contributed by atoms with E-state index in [1.807, 2.05) is 85.8 Å². The van der Waals surface area contributed by atoms with E-state index in [1.165, 1.54) is 12.1 Å². The van der Waals surface area contributed by atoms with E-state index in [-0.39, 0.29) is 23.3 Å². The highest BCUT2D eigenvalue weighted by Gasteiger charge is 2.22. The van der Waals surface area contributed by atoms with E-state index < -0.39 is 0 Å². The number of benzene rings is 4. The van der Waals surface area contributed by atoms with Crippen molar-refractivity contribution >= 4 is 10.9 Å². The molecular weight excluding hydrogens is 423 g/mol. The summed E-state index contributed by atoms with van der Waals surface area (Å²) < 4.78 is 15.2.